The van der Waals surface area contributed by atoms with E-state index in [1.54, 1.807) is 31.4 Å². The topological polar surface area (TPSA) is 35.5 Å². The molecule has 0 unspecified atom stereocenters. The number of ether oxygens (including phenoxy) is 2. The van der Waals surface area contributed by atoms with Crippen molar-refractivity contribution in [3.05, 3.63) is 35.9 Å². The zero-order valence-electron chi connectivity index (χ0n) is 7.90. The van der Waals surface area contributed by atoms with Gasteiger partial charge >= 0.3 is 5.97 Å². The van der Waals surface area contributed by atoms with Crippen molar-refractivity contribution < 1.29 is 32.8 Å². The molecule has 0 aliphatic rings. The van der Waals surface area contributed by atoms with Crippen LogP contribution in [0.25, 0.3) is 0 Å². The third kappa shape index (κ3) is 4.46. The van der Waals surface area contributed by atoms with Gasteiger partial charge in [-0.1, -0.05) is 0 Å². The van der Waals surface area contributed by atoms with Crippen molar-refractivity contribution in [2.75, 3.05) is 20.3 Å². The van der Waals surface area contributed by atoms with Gasteiger partial charge in [-0.25, -0.2) is 4.79 Å². The largest absolute Gasteiger partial charge is 0.461 e. The molecule has 1 aromatic rings. The molecule has 1 rings (SSSR count). The second-order valence-corrected chi connectivity index (χ2v) is 2.42. The minimum absolute atomic E-state index is 0. The first-order valence-corrected chi connectivity index (χ1v) is 3.97. The van der Waals surface area contributed by atoms with Crippen molar-refractivity contribution >= 4 is 5.97 Å². The summed E-state index contributed by atoms with van der Waals surface area (Å²) in [5.41, 5.74) is 0.537. The normalized spacial score (nSPS) is 8.93. The Hall–Kier alpha value is -0.766. The van der Waals surface area contributed by atoms with Gasteiger partial charge in [0.05, 0.1) is 6.61 Å². The van der Waals surface area contributed by atoms with Gasteiger partial charge in [0.2, 0.25) is 0 Å². The van der Waals surface area contributed by atoms with E-state index in [9.17, 15) is 4.79 Å². The molecular formula is C10H11O3V-. The van der Waals surface area contributed by atoms with Gasteiger partial charge in [-0.2, -0.15) is 30.3 Å². The fraction of sp³-hybridized carbons (Fsp3) is 0.300. The van der Waals surface area contributed by atoms with Gasteiger partial charge in [0.1, 0.15) is 6.61 Å². The van der Waals surface area contributed by atoms with Crippen LogP contribution in [0.15, 0.2) is 24.3 Å². The maximum Gasteiger partial charge on any atom is 0.313 e. The van der Waals surface area contributed by atoms with E-state index in [1.807, 2.05) is 0 Å². The van der Waals surface area contributed by atoms with E-state index in [0.29, 0.717) is 12.2 Å². The molecule has 4 heteroatoms. The molecule has 1 radical (unpaired) electrons. The van der Waals surface area contributed by atoms with E-state index >= 15 is 0 Å². The molecule has 0 saturated heterocycles. The van der Waals surface area contributed by atoms with Crippen LogP contribution in [-0.4, -0.2) is 26.3 Å². The minimum atomic E-state index is -0.328. The molecule has 1 aromatic carbocycles. The van der Waals surface area contributed by atoms with Crippen LogP contribution in [0.4, 0.5) is 0 Å². The summed E-state index contributed by atoms with van der Waals surface area (Å²) in [7, 11) is 1.56. The molecule has 0 amide bonds. The van der Waals surface area contributed by atoms with Crippen molar-refractivity contribution in [3.63, 3.8) is 0 Å². The summed E-state index contributed by atoms with van der Waals surface area (Å²) in [4.78, 5) is 11.2. The molecule has 0 aliphatic heterocycles. The molecule has 3 nitrogen and oxygen atoms in total. The van der Waals surface area contributed by atoms with Crippen LogP contribution in [0.3, 0.4) is 0 Å². The van der Waals surface area contributed by atoms with Crippen LogP contribution >= 0.6 is 0 Å². The van der Waals surface area contributed by atoms with Gasteiger partial charge in [-0.15, -0.1) is 0 Å². The Balaban J connectivity index is 0.00000169. The molecule has 0 heterocycles. The zero-order chi connectivity index (χ0) is 9.52. The number of hydrogen-bond donors (Lipinski definition) is 0. The summed E-state index contributed by atoms with van der Waals surface area (Å²) in [5, 5.41) is 0. The van der Waals surface area contributed by atoms with Crippen molar-refractivity contribution in [1.29, 1.82) is 0 Å². The number of esters is 1. The standard InChI is InChI=1S/C10H11O3.V/c1-12-7-8-13-10(11)9-5-3-2-4-6-9;/h3-6H,7-8H2,1H3;/q-1;. The number of benzene rings is 1. The Labute approximate surface area is 95.3 Å². The van der Waals surface area contributed by atoms with Crippen molar-refractivity contribution in [3.8, 4) is 0 Å². The number of carbonyl (C=O) groups is 1. The average Bonchev–Trinajstić information content (AvgIpc) is 2.19. The monoisotopic (exact) mass is 230 g/mol. The van der Waals surface area contributed by atoms with Crippen LogP contribution < -0.4 is 0 Å². The predicted molar refractivity (Wildman–Crippen MR) is 47.4 cm³/mol. The third-order valence-electron chi connectivity index (χ3n) is 1.47. The van der Waals surface area contributed by atoms with Crippen molar-refractivity contribution in [2.24, 2.45) is 0 Å². The summed E-state index contributed by atoms with van der Waals surface area (Å²) in [6.07, 6.45) is 0. The Bertz CT molecular complexity index is 261. The first-order chi connectivity index (χ1) is 6.34. The average molecular weight is 230 g/mol. The van der Waals surface area contributed by atoms with Gasteiger partial charge in [-0.3, -0.25) is 0 Å². The molecule has 0 aliphatic carbocycles. The number of rotatable bonds is 4. The van der Waals surface area contributed by atoms with E-state index in [2.05, 4.69) is 6.07 Å². The summed E-state index contributed by atoms with van der Waals surface area (Å²) in [6, 6.07) is 9.49. The molecule has 14 heavy (non-hydrogen) atoms. The van der Waals surface area contributed by atoms with Crippen LogP contribution in [-0.2, 0) is 28.0 Å². The molecule has 0 saturated carbocycles. The Morgan fingerprint density at radius 2 is 2.00 bits per heavy atom. The smallest absolute Gasteiger partial charge is 0.313 e. The van der Waals surface area contributed by atoms with Gasteiger partial charge < -0.3 is 9.47 Å². The van der Waals surface area contributed by atoms with E-state index in [4.69, 9.17) is 9.47 Å². The molecule has 0 spiro atoms. The number of methoxy groups -OCH3 is 1. The maximum atomic E-state index is 11.2. The summed E-state index contributed by atoms with van der Waals surface area (Å²) >= 11 is 0. The molecule has 0 fully saturated rings. The molecule has 75 valence electrons. The van der Waals surface area contributed by atoms with E-state index in [-0.39, 0.29) is 31.1 Å². The molecule has 0 N–H and O–H groups in total. The van der Waals surface area contributed by atoms with E-state index < -0.39 is 0 Å². The van der Waals surface area contributed by atoms with Crippen LogP contribution in [0, 0.1) is 6.07 Å². The molecule has 0 bridgehead atoms. The zero-order valence-corrected chi connectivity index (χ0v) is 9.29. The molecule has 0 atom stereocenters. The fourth-order valence-electron chi connectivity index (χ4n) is 0.824. The Morgan fingerprint density at radius 1 is 1.36 bits per heavy atom. The first kappa shape index (κ1) is 13.2. The van der Waals surface area contributed by atoms with E-state index in [1.165, 1.54) is 0 Å². The molecule has 0 aromatic heterocycles. The SMILES string of the molecule is COCCOC(=O)c1cc[c-]cc1.[V]. The predicted octanol–water partition coefficient (Wildman–Crippen LogP) is 1.29. The van der Waals surface area contributed by atoms with Crippen molar-refractivity contribution in [1.82, 2.24) is 0 Å². The summed E-state index contributed by atoms with van der Waals surface area (Å²) in [5.74, 6) is -0.328. The summed E-state index contributed by atoms with van der Waals surface area (Å²) in [6.45, 7) is 0.707. The second kappa shape index (κ2) is 7.62. The van der Waals surface area contributed by atoms with Crippen LogP contribution in [0.2, 0.25) is 0 Å². The second-order valence-electron chi connectivity index (χ2n) is 2.42. The Kier molecular flexibility index (Phi) is 7.20. The Morgan fingerprint density at radius 3 is 2.57 bits per heavy atom. The van der Waals surface area contributed by atoms with Crippen LogP contribution in [0.1, 0.15) is 10.4 Å². The first-order valence-electron chi connectivity index (χ1n) is 3.97. The van der Waals surface area contributed by atoms with Gasteiger partial charge in [0.15, 0.2) is 0 Å². The van der Waals surface area contributed by atoms with Crippen molar-refractivity contribution in [2.45, 2.75) is 0 Å². The number of carbonyl (C=O) groups excluding carboxylic acids is 1. The van der Waals surface area contributed by atoms with Gasteiger partial charge in [-0.05, 0) is 5.56 Å². The fourth-order valence-corrected chi connectivity index (χ4v) is 0.824. The quantitative estimate of drug-likeness (QED) is 0.444. The van der Waals surface area contributed by atoms with E-state index in [0.717, 1.165) is 0 Å². The molecular weight excluding hydrogens is 219 g/mol. The maximum absolute atomic E-state index is 11.2. The minimum Gasteiger partial charge on any atom is -0.461 e. The van der Waals surface area contributed by atoms with Gasteiger partial charge in [0, 0.05) is 25.7 Å². The summed E-state index contributed by atoms with van der Waals surface area (Å²) < 4.78 is 9.64. The van der Waals surface area contributed by atoms with Gasteiger partial charge in [0.25, 0.3) is 0 Å². The number of hydrogen-bond acceptors (Lipinski definition) is 3. The third-order valence-corrected chi connectivity index (χ3v) is 1.47. The van der Waals surface area contributed by atoms with Crippen LogP contribution in [0.5, 0.6) is 0 Å².